The van der Waals surface area contributed by atoms with E-state index < -0.39 is 5.97 Å². The molecular formula is C14H16N2O4. The van der Waals surface area contributed by atoms with E-state index in [1.165, 1.54) is 0 Å². The third kappa shape index (κ3) is 2.64. The molecule has 20 heavy (non-hydrogen) atoms. The molecule has 6 nitrogen and oxygen atoms in total. The Morgan fingerprint density at radius 2 is 2.25 bits per heavy atom. The summed E-state index contributed by atoms with van der Waals surface area (Å²) in [5.41, 5.74) is 0.773. The largest absolute Gasteiger partial charge is 0.470 e. The van der Waals surface area contributed by atoms with Crippen LogP contribution in [-0.2, 0) is 19.1 Å². The van der Waals surface area contributed by atoms with Crippen LogP contribution < -0.4 is 4.90 Å². The van der Waals surface area contributed by atoms with Gasteiger partial charge in [-0.15, -0.1) is 0 Å². The summed E-state index contributed by atoms with van der Waals surface area (Å²) in [6.45, 7) is 3.60. The average molecular weight is 276 g/mol. The molecule has 1 aliphatic heterocycles. The van der Waals surface area contributed by atoms with Crippen molar-refractivity contribution >= 4 is 17.6 Å². The highest BCUT2D eigenvalue weighted by atomic mass is 16.5. The molecule has 0 spiro atoms. The van der Waals surface area contributed by atoms with Crippen LogP contribution in [0.3, 0.4) is 0 Å². The summed E-state index contributed by atoms with van der Waals surface area (Å²) < 4.78 is 10.2. The van der Waals surface area contributed by atoms with Crippen molar-refractivity contribution in [3.8, 4) is 0 Å². The molecule has 0 amide bonds. The smallest absolute Gasteiger partial charge is 0.347 e. The summed E-state index contributed by atoms with van der Waals surface area (Å²) >= 11 is 0. The van der Waals surface area contributed by atoms with E-state index in [-0.39, 0.29) is 30.5 Å². The van der Waals surface area contributed by atoms with Crippen LogP contribution in [0, 0.1) is 6.92 Å². The van der Waals surface area contributed by atoms with Crippen LogP contribution in [0.15, 0.2) is 29.7 Å². The fourth-order valence-electron chi connectivity index (χ4n) is 1.89. The maximum atomic E-state index is 11.8. The van der Waals surface area contributed by atoms with Crippen molar-refractivity contribution in [3.63, 3.8) is 0 Å². The van der Waals surface area contributed by atoms with Crippen LogP contribution in [0.4, 0.5) is 5.82 Å². The molecule has 0 saturated carbocycles. The number of aryl methyl sites for hydroxylation is 1. The number of ether oxygens (including phenoxy) is 2. The van der Waals surface area contributed by atoms with Gasteiger partial charge < -0.3 is 9.47 Å². The van der Waals surface area contributed by atoms with Crippen molar-refractivity contribution in [2.45, 2.75) is 13.8 Å². The van der Waals surface area contributed by atoms with Gasteiger partial charge in [-0.05, 0) is 26.0 Å². The van der Waals surface area contributed by atoms with Crippen LogP contribution >= 0.6 is 0 Å². The molecule has 0 saturated heterocycles. The first-order valence-corrected chi connectivity index (χ1v) is 6.29. The van der Waals surface area contributed by atoms with Crippen molar-refractivity contribution in [3.05, 3.63) is 35.3 Å². The van der Waals surface area contributed by atoms with E-state index in [4.69, 9.17) is 9.47 Å². The topological polar surface area (TPSA) is 68.7 Å². The zero-order valence-corrected chi connectivity index (χ0v) is 11.7. The molecule has 1 aliphatic rings. The zero-order valence-electron chi connectivity index (χ0n) is 11.7. The molecule has 0 bridgehead atoms. The quantitative estimate of drug-likeness (QED) is 0.608. The van der Waals surface area contributed by atoms with Crippen LogP contribution in [0.25, 0.3) is 0 Å². The van der Waals surface area contributed by atoms with Gasteiger partial charge in [0.15, 0.2) is 12.2 Å². The number of esters is 1. The number of nitrogens with zero attached hydrogens (tertiary/aromatic N) is 2. The average Bonchev–Trinajstić information content (AvgIpc) is 2.80. The number of hydrogen-bond donors (Lipinski definition) is 0. The van der Waals surface area contributed by atoms with Crippen LogP contribution in [-0.4, -0.2) is 37.0 Å². The van der Waals surface area contributed by atoms with E-state index >= 15 is 0 Å². The molecule has 0 aliphatic carbocycles. The fraction of sp³-hybridized carbons (Fsp3) is 0.357. The highest BCUT2D eigenvalue weighted by Gasteiger charge is 2.34. The number of aromatic nitrogens is 1. The number of anilines is 1. The van der Waals surface area contributed by atoms with E-state index in [1.807, 2.05) is 19.1 Å². The molecule has 6 heteroatoms. The minimum atomic E-state index is -0.662. The Morgan fingerprint density at radius 3 is 2.90 bits per heavy atom. The Kier molecular flexibility index (Phi) is 4.02. The lowest BCUT2D eigenvalue weighted by Gasteiger charge is -2.19. The second-order valence-electron chi connectivity index (χ2n) is 4.31. The standard InChI is InChI=1S/C14H16N2O4/c1-4-19-14(18)12-10(17)8-20-13(12)16(3)11-7-5-6-9(2)15-11/h5-7H,4,8H2,1-3H3. The minimum Gasteiger partial charge on any atom is -0.470 e. The number of Topliss-reactive ketones (excluding diaryl/α,β-unsaturated/α-hetero) is 1. The Morgan fingerprint density at radius 1 is 1.50 bits per heavy atom. The van der Waals surface area contributed by atoms with Crippen LogP contribution in [0.5, 0.6) is 0 Å². The second-order valence-corrected chi connectivity index (χ2v) is 4.31. The van der Waals surface area contributed by atoms with Gasteiger partial charge in [-0.3, -0.25) is 9.69 Å². The summed E-state index contributed by atoms with van der Waals surface area (Å²) in [6, 6.07) is 5.48. The fourth-order valence-corrected chi connectivity index (χ4v) is 1.89. The van der Waals surface area contributed by atoms with Gasteiger partial charge in [-0.2, -0.15) is 0 Å². The number of carbonyl (C=O) groups excluding carboxylic acids is 2. The third-order valence-corrected chi connectivity index (χ3v) is 2.83. The lowest BCUT2D eigenvalue weighted by molar-refractivity contribution is -0.139. The normalized spacial score (nSPS) is 14.2. The summed E-state index contributed by atoms with van der Waals surface area (Å²) in [7, 11) is 1.69. The summed E-state index contributed by atoms with van der Waals surface area (Å²) in [5.74, 6) is -0.259. The maximum Gasteiger partial charge on any atom is 0.347 e. The zero-order chi connectivity index (χ0) is 14.7. The molecule has 0 aromatic carbocycles. The van der Waals surface area contributed by atoms with Gasteiger partial charge in [-0.25, -0.2) is 9.78 Å². The molecule has 0 unspecified atom stereocenters. The predicted octanol–water partition coefficient (Wildman–Crippen LogP) is 1.20. The molecule has 2 rings (SSSR count). The lowest BCUT2D eigenvalue weighted by Crippen LogP contribution is -2.22. The predicted molar refractivity (Wildman–Crippen MR) is 72.0 cm³/mol. The van der Waals surface area contributed by atoms with Gasteiger partial charge >= 0.3 is 5.97 Å². The molecule has 1 aromatic rings. The second kappa shape index (κ2) is 5.73. The summed E-state index contributed by atoms with van der Waals surface area (Å²) in [4.78, 5) is 29.5. The van der Waals surface area contributed by atoms with Crippen LogP contribution in [0.2, 0.25) is 0 Å². The number of hydrogen-bond acceptors (Lipinski definition) is 6. The Labute approximate surface area is 117 Å². The Bertz CT molecular complexity index is 580. The molecule has 0 N–H and O–H groups in total. The lowest BCUT2D eigenvalue weighted by atomic mass is 10.2. The van der Waals surface area contributed by atoms with E-state index in [0.29, 0.717) is 5.82 Å². The SMILES string of the molecule is CCOC(=O)C1=C(N(C)c2cccc(C)n2)OCC1=O. The highest BCUT2D eigenvalue weighted by Crippen LogP contribution is 2.24. The van der Waals surface area contributed by atoms with Crippen molar-refractivity contribution in [1.29, 1.82) is 0 Å². The van der Waals surface area contributed by atoms with Crippen molar-refractivity contribution in [2.24, 2.45) is 0 Å². The number of pyridine rings is 1. The first-order chi connectivity index (χ1) is 9.54. The van der Waals surface area contributed by atoms with E-state index in [2.05, 4.69) is 4.98 Å². The van der Waals surface area contributed by atoms with Crippen molar-refractivity contribution in [1.82, 2.24) is 4.98 Å². The molecule has 1 aromatic heterocycles. The molecule has 2 heterocycles. The summed E-state index contributed by atoms with van der Waals surface area (Å²) in [5, 5.41) is 0. The Balaban J connectivity index is 2.37. The van der Waals surface area contributed by atoms with Gasteiger partial charge in [0.05, 0.1) is 6.61 Å². The van der Waals surface area contributed by atoms with E-state index in [9.17, 15) is 9.59 Å². The first-order valence-electron chi connectivity index (χ1n) is 6.29. The van der Waals surface area contributed by atoms with Gasteiger partial charge in [0, 0.05) is 12.7 Å². The first kappa shape index (κ1) is 14.0. The van der Waals surface area contributed by atoms with Gasteiger partial charge in [0.2, 0.25) is 11.7 Å². The molecule has 0 atom stereocenters. The summed E-state index contributed by atoms with van der Waals surface area (Å²) in [6.07, 6.45) is 0. The van der Waals surface area contributed by atoms with Crippen molar-refractivity contribution in [2.75, 3.05) is 25.2 Å². The Hall–Kier alpha value is -2.37. The molecule has 0 radical (unpaired) electrons. The minimum absolute atomic E-state index is 0.0577. The van der Waals surface area contributed by atoms with Gasteiger partial charge in [0.1, 0.15) is 5.82 Å². The maximum absolute atomic E-state index is 11.8. The van der Waals surface area contributed by atoms with Crippen molar-refractivity contribution < 1.29 is 19.1 Å². The van der Waals surface area contributed by atoms with E-state index in [0.717, 1.165) is 5.69 Å². The monoisotopic (exact) mass is 276 g/mol. The third-order valence-electron chi connectivity index (χ3n) is 2.83. The number of carbonyl (C=O) groups is 2. The van der Waals surface area contributed by atoms with Gasteiger partial charge in [0.25, 0.3) is 0 Å². The molecular weight excluding hydrogens is 260 g/mol. The molecule has 106 valence electrons. The number of ketones is 1. The molecule has 0 fully saturated rings. The van der Waals surface area contributed by atoms with Gasteiger partial charge in [-0.1, -0.05) is 6.07 Å². The number of rotatable bonds is 4. The van der Waals surface area contributed by atoms with E-state index in [1.54, 1.807) is 24.9 Å². The highest BCUT2D eigenvalue weighted by molar-refractivity contribution is 6.19. The van der Waals surface area contributed by atoms with Crippen LogP contribution in [0.1, 0.15) is 12.6 Å².